The summed E-state index contributed by atoms with van der Waals surface area (Å²) in [6, 6.07) is 21.0. The Morgan fingerprint density at radius 3 is 2.58 bits per heavy atom. The molecule has 5 rings (SSSR count). The van der Waals surface area contributed by atoms with Crippen LogP contribution < -0.4 is 9.47 Å². The molecule has 0 spiro atoms. The summed E-state index contributed by atoms with van der Waals surface area (Å²) in [7, 11) is 0. The van der Waals surface area contributed by atoms with Gasteiger partial charge in [-0.2, -0.15) is 0 Å². The Hall–Kier alpha value is -3.65. The largest absolute Gasteiger partial charge is 0.454 e. The summed E-state index contributed by atoms with van der Waals surface area (Å²) in [6.07, 6.45) is 0. The Kier molecular flexibility index (Phi) is 5.13. The average molecular weight is 433 g/mol. The van der Waals surface area contributed by atoms with E-state index < -0.39 is 0 Å². The second-order valence-corrected chi connectivity index (χ2v) is 7.68. The fourth-order valence-corrected chi connectivity index (χ4v) is 4.12. The highest BCUT2D eigenvalue weighted by Gasteiger charge is 2.21. The lowest BCUT2D eigenvalue weighted by Gasteiger charge is -2.10. The number of rotatable bonds is 6. The van der Waals surface area contributed by atoms with Crippen LogP contribution in [0.5, 0.6) is 11.5 Å². The first-order valence-corrected chi connectivity index (χ1v) is 10.5. The van der Waals surface area contributed by atoms with E-state index in [9.17, 15) is 9.18 Å². The first-order chi connectivity index (χ1) is 15.2. The van der Waals surface area contributed by atoms with Crippen LogP contribution in [-0.4, -0.2) is 33.1 Å². The highest BCUT2D eigenvalue weighted by molar-refractivity contribution is 7.99. The van der Waals surface area contributed by atoms with E-state index in [1.165, 1.54) is 17.8 Å². The first kappa shape index (κ1) is 19.3. The molecule has 8 heteroatoms. The third kappa shape index (κ3) is 3.77. The van der Waals surface area contributed by atoms with E-state index in [1.807, 2.05) is 30.3 Å². The Labute approximate surface area is 181 Å². The first-order valence-electron chi connectivity index (χ1n) is 9.52. The zero-order chi connectivity index (χ0) is 21.2. The minimum atomic E-state index is -0.389. The summed E-state index contributed by atoms with van der Waals surface area (Å²) in [5, 5.41) is 8.97. The van der Waals surface area contributed by atoms with Crippen LogP contribution in [0.2, 0.25) is 0 Å². The van der Waals surface area contributed by atoms with Crippen molar-refractivity contribution in [1.29, 1.82) is 0 Å². The summed E-state index contributed by atoms with van der Waals surface area (Å²) >= 11 is 1.24. The van der Waals surface area contributed by atoms with E-state index >= 15 is 0 Å². The number of ketones is 1. The summed E-state index contributed by atoms with van der Waals surface area (Å²) in [4.78, 5) is 12.8. The van der Waals surface area contributed by atoms with Crippen molar-refractivity contribution in [3.8, 4) is 28.6 Å². The molecule has 2 heterocycles. The number of aromatic nitrogens is 3. The van der Waals surface area contributed by atoms with Crippen molar-refractivity contribution >= 4 is 17.5 Å². The van der Waals surface area contributed by atoms with Crippen molar-refractivity contribution in [2.24, 2.45) is 0 Å². The minimum Gasteiger partial charge on any atom is -0.454 e. The molecule has 0 N–H and O–H groups in total. The van der Waals surface area contributed by atoms with Gasteiger partial charge < -0.3 is 9.47 Å². The zero-order valence-corrected chi connectivity index (χ0v) is 17.0. The number of para-hydroxylation sites is 1. The van der Waals surface area contributed by atoms with Gasteiger partial charge in [-0.15, -0.1) is 10.2 Å². The van der Waals surface area contributed by atoms with Crippen molar-refractivity contribution in [2.45, 2.75) is 5.16 Å². The van der Waals surface area contributed by atoms with Gasteiger partial charge in [-0.05, 0) is 42.5 Å². The molecule has 31 heavy (non-hydrogen) atoms. The molecule has 0 aliphatic carbocycles. The van der Waals surface area contributed by atoms with E-state index in [4.69, 9.17) is 9.47 Å². The van der Waals surface area contributed by atoms with E-state index in [2.05, 4.69) is 10.2 Å². The zero-order valence-electron chi connectivity index (χ0n) is 16.2. The van der Waals surface area contributed by atoms with Crippen LogP contribution >= 0.6 is 11.8 Å². The monoisotopic (exact) mass is 433 g/mol. The molecule has 4 aromatic rings. The maximum Gasteiger partial charge on any atom is 0.231 e. The molecule has 0 fully saturated rings. The molecule has 154 valence electrons. The van der Waals surface area contributed by atoms with E-state index in [0.717, 1.165) is 5.69 Å². The van der Waals surface area contributed by atoms with Crippen molar-refractivity contribution in [3.05, 3.63) is 84.2 Å². The summed E-state index contributed by atoms with van der Waals surface area (Å²) in [5.41, 5.74) is 1.65. The molecule has 0 amide bonds. The van der Waals surface area contributed by atoms with Gasteiger partial charge >= 0.3 is 0 Å². The van der Waals surface area contributed by atoms with E-state index in [-0.39, 0.29) is 24.1 Å². The van der Waals surface area contributed by atoms with Gasteiger partial charge in [0, 0.05) is 11.3 Å². The molecular weight excluding hydrogens is 417 g/mol. The molecule has 0 atom stereocenters. The molecule has 1 aliphatic rings. The predicted molar refractivity (Wildman–Crippen MR) is 114 cm³/mol. The van der Waals surface area contributed by atoms with E-state index in [0.29, 0.717) is 33.6 Å². The van der Waals surface area contributed by atoms with Gasteiger partial charge in [0.25, 0.3) is 0 Å². The number of halogens is 1. The van der Waals surface area contributed by atoms with Gasteiger partial charge in [-0.25, -0.2) is 4.39 Å². The van der Waals surface area contributed by atoms with Crippen LogP contribution in [0.15, 0.2) is 78.0 Å². The Morgan fingerprint density at radius 1 is 0.968 bits per heavy atom. The number of hydrogen-bond acceptors (Lipinski definition) is 6. The van der Waals surface area contributed by atoms with Crippen LogP contribution in [-0.2, 0) is 0 Å². The molecule has 1 aromatic heterocycles. The summed E-state index contributed by atoms with van der Waals surface area (Å²) in [6.45, 7) is 0.154. The van der Waals surface area contributed by atoms with Gasteiger partial charge in [0.2, 0.25) is 6.79 Å². The van der Waals surface area contributed by atoms with Crippen molar-refractivity contribution in [1.82, 2.24) is 14.8 Å². The minimum absolute atomic E-state index is 0.0849. The average Bonchev–Trinajstić information content (AvgIpc) is 3.45. The van der Waals surface area contributed by atoms with Gasteiger partial charge in [0.1, 0.15) is 5.82 Å². The van der Waals surface area contributed by atoms with Crippen LogP contribution in [0.1, 0.15) is 10.4 Å². The van der Waals surface area contributed by atoms with Crippen LogP contribution in [0.4, 0.5) is 4.39 Å². The van der Waals surface area contributed by atoms with Crippen LogP contribution in [0.25, 0.3) is 17.1 Å². The molecule has 0 saturated carbocycles. The number of thioether (sulfide) groups is 1. The summed E-state index contributed by atoms with van der Waals surface area (Å²) < 4.78 is 26.9. The van der Waals surface area contributed by atoms with Gasteiger partial charge in [-0.3, -0.25) is 9.36 Å². The fraction of sp³-hybridized carbons (Fsp3) is 0.0870. The molecule has 0 bridgehead atoms. The number of ether oxygens (including phenoxy) is 2. The van der Waals surface area contributed by atoms with Crippen molar-refractivity contribution in [2.75, 3.05) is 12.5 Å². The number of carbonyl (C=O) groups is 1. The SMILES string of the molecule is O=C(CSc1nnc(-c2ccccc2F)n1-c1ccccc1)c1ccc2c(c1)OCO2. The van der Waals surface area contributed by atoms with Crippen LogP contribution in [0.3, 0.4) is 0 Å². The molecule has 0 unspecified atom stereocenters. The number of carbonyl (C=O) groups excluding carboxylic acids is 1. The number of benzene rings is 3. The molecule has 6 nitrogen and oxygen atoms in total. The van der Waals surface area contributed by atoms with Gasteiger partial charge in [0.15, 0.2) is 28.3 Å². The van der Waals surface area contributed by atoms with Crippen molar-refractivity contribution < 1.29 is 18.7 Å². The third-order valence-corrected chi connectivity index (χ3v) is 5.72. The number of nitrogens with zero attached hydrogens (tertiary/aromatic N) is 3. The van der Waals surface area contributed by atoms with Gasteiger partial charge in [-0.1, -0.05) is 42.1 Å². The third-order valence-electron chi connectivity index (χ3n) is 4.79. The topological polar surface area (TPSA) is 66.2 Å². The Balaban J connectivity index is 1.45. The predicted octanol–water partition coefficient (Wildman–Crippen LogP) is 4.78. The number of Topliss-reactive ketones (excluding diaryl/α,β-unsaturated/α-hetero) is 1. The second kappa shape index (κ2) is 8.23. The molecule has 0 radical (unpaired) electrons. The lowest BCUT2D eigenvalue weighted by molar-refractivity contribution is 0.102. The van der Waals surface area contributed by atoms with Crippen molar-refractivity contribution in [3.63, 3.8) is 0 Å². The highest BCUT2D eigenvalue weighted by atomic mass is 32.2. The maximum atomic E-state index is 14.5. The standard InChI is InChI=1S/C23H16FN3O3S/c24-18-9-5-4-8-17(18)22-25-26-23(27(22)16-6-2-1-3-7-16)31-13-19(28)15-10-11-20-21(12-15)30-14-29-20/h1-12H,13-14H2. The maximum absolute atomic E-state index is 14.5. The van der Waals surface area contributed by atoms with Crippen LogP contribution in [0, 0.1) is 5.82 Å². The smallest absolute Gasteiger partial charge is 0.231 e. The number of hydrogen-bond donors (Lipinski definition) is 0. The Morgan fingerprint density at radius 2 is 1.74 bits per heavy atom. The fourth-order valence-electron chi connectivity index (χ4n) is 3.27. The second-order valence-electron chi connectivity index (χ2n) is 6.74. The highest BCUT2D eigenvalue weighted by Crippen LogP contribution is 2.34. The molecular formula is C23H16FN3O3S. The molecule has 0 saturated heterocycles. The lowest BCUT2D eigenvalue weighted by Crippen LogP contribution is -2.05. The summed E-state index contributed by atoms with van der Waals surface area (Å²) in [5.74, 6) is 1.23. The molecule has 1 aliphatic heterocycles. The van der Waals surface area contributed by atoms with Gasteiger partial charge in [0.05, 0.1) is 11.3 Å². The van der Waals surface area contributed by atoms with E-state index in [1.54, 1.807) is 41.0 Å². The Bertz CT molecular complexity index is 1260. The quantitative estimate of drug-likeness (QED) is 0.322. The number of fused-ring (bicyclic) bond motifs is 1. The lowest BCUT2D eigenvalue weighted by atomic mass is 10.1. The molecule has 3 aromatic carbocycles. The normalized spacial score (nSPS) is 12.2.